The number of rotatable bonds is 5. The average molecular weight is 488 g/mol. The van der Waals surface area contributed by atoms with Gasteiger partial charge in [0, 0.05) is 26.1 Å². The second-order valence-corrected chi connectivity index (χ2v) is 10.2. The Balaban J connectivity index is 1.46. The van der Waals surface area contributed by atoms with Crippen LogP contribution in [0.1, 0.15) is 68.9 Å². The standard InChI is InChI=1S/C26H37N3O6/c1-17(2)19-5-3-6-20(15-19)18-8-12-28(13-9-18)25(31)23-22(24(30)27-33)7-4-11-29(23)26(32)35-21-10-14-34-16-21/h3,5-6,15,17-18,21-23,33H,4,7-14,16H2,1-2H3,(H,27,30)/t21-,22-,23-/m0/s1. The second kappa shape index (κ2) is 11.4. The van der Waals surface area contributed by atoms with E-state index in [-0.39, 0.29) is 12.0 Å². The highest BCUT2D eigenvalue weighted by molar-refractivity contribution is 5.92. The van der Waals surface area contributed by atoms with Crippen LogP contribution in [-0.2, 0) is 19.1 Å². The van der Waals surface area contributed by atoms with Crippen molar-refractivity contribution < 1.29 is 29.1 Å². The first-order chi connectivity index (χ1) is 16.9. The molecule has 3 aliphatic rings. The maximum absolute atomic E-state index is 13.7. The second-order valence-electron chi connectivity index (χ2n) is 10.2. The van der Waals surface area contributed by atoms with E-state index in [1.165, 1.54) is 16.0 Å². The van der Waals surface area contributed by atoms with E-state index in [1.54, 1.807) is 10.4 Å². The largest absolute Gasteiger partial charge is 0.444 e. The number of nitrogens with one attached hydrogen (secondary N) is 1. The van der Waals surface area contributed by atoms with Crippen molar-refractivity contribution in [1.29, 1.82) is 0 Å². The summed E-state index contributed by atoms with van der Waals surface area (Å²) < 4.78 is 10.9. The molecule has 2 N–H and O–H groups in total. The number of carbonyl (C=O) groups is 3. The molecular formula is C26H37N3O6. The molecule has 0 spiro atoms. The van der Waals surface area contributed by atoms with Crippen LogP contribution in [0, 0.1) is 5.92 Å². The van der Waals surface area contributed by atoms with Gasteiger partial charge in [-0.25, -0.2) is 10.3 Å². The summed E-state index contributed by atoms with van der Waals surface area (Å²) in [5.41, 5.74) is 4.29. The van der Waals surface area contributed by atoms with Crippen LogP contribution >= 0.6 is 0 Å². The maximum atomic E-state index is 13.7. The molecule has 3 heterocycles. The Morgan fingerprint density at radius 1 is 1.11 bits per heavy atom. The number of hydroxylamine groups is 1. The van der Waals surface area contributed by atoms with Crippen molar-refractivity contribution in [2.24, 2.45) is 5.92 Å². The highest BCUT2D eigenvalue weighted by Gasteiger charge is 2.46. The Kier molecular flexibility index (Phi) is 8.28. The SMILES string of the molecule is CC(C)c1cccc(C2CCN(C(=O)[C@@H]3[C@@H](C(=O)NO)CCCN3C(=O)O[C@H]3CCOC3)CC2)c1. The minimum absolute atomic E-state index is 0.257. The fourth-order valence-corrected chi connectivity index (χ4v) is 5.47. The molecule has 1 aromatic carbocycles. The van der Waals surface area contributed by atoms with Gasteiger partial charge in [-0.05, 0) is 48.6 Å². The number of amides is 3. The summed E-state index contributed by atoms with van der Waals surface area (Å²) in [7, 11) is 0. The lowest BCUT2D eigenvalue weighted by molar-refractivity contribution is -0.149. The lowest BCUT2D eigenvalue weighted by atomic mass is 9.85. The van der Waals surface area contributed by atoms with Gasteiger partial charge < -0.3 is 14.4 Å². The van der Waals surface area contributed by atoms with Gasteiger partial charge in [0.2, 0.25) is 11.8 Å². The molecule has 0 aliphatic carbocycles. The summed E-state index contributed by atoms with van der Waals surface area (Å²) >= 11 is 0. The number of benzene rings is 1. The lowest BCUT2D eigenvalue weighted by Crippen LogP contribution is -2.60. The van der Waals surface area contributed by atoms with Crippen LogP contribution in [0.15, 0.2) is 24.3 Å². The summed E-state index contributed by atoms with van der Waals surface area (Å²) in [5.74, 6) is -0.907. The van der Waals surface area contributed by atoms with Crippen LogP contribution in [0.4, 0.5) is 4.79 Å². The molecule has 1 aromatic rings. The maximum Gasteiger partial charge on any atom is 0.410 e. The Bertz CT molecular complexity index is 908. The topological polar surface area (TPSA) is 108 Å². The highest BCUT2D eigenvalue weighted by Crippen LogP contribution is 2.32. The highest BCUT2D eigenvalue weighted by atomic mass is 16.6. The Morgan fingerprint density at radius 2 is 1.89 bits per heavy atom. The van der Waals surface area contributed by atoms with Gasteiger partial charge in [-0.2, -0.15) is 0 Å². The van der Waals surface area contributed by atoms with Crippen LogP contribution in [0.2, 0.25) is 0 Å². The van der Waals surface area contributed by atoms with Crippen molar-refractivity contribution >= 4 is 17.9 Å². The van der Waals surface area contributed by atoms with Crippen molar-refractivity contribution in [3.63, 3.8) is 0 Å². The van der Waals surface area contributed by atoms with Crippen LogP contribution < -0.4 is 5.48 Å². The predicted octanol–water partition coefficient (Wildman–Crippen LogP) is 3.03. The molecule has 35 heavy (non-hydrogen) atoms. The summed E-state index contributed by atoms with van der Waals surface area (Å²) in [6.45, 7) is 6.67. The number of nitrogens with zero attached hydrogens (tertiary/aromatic N) is 2. The zero-order valence-corrected chi connectivity index (χ0v) is 20.7. The van der Waals surface area contributed by atoms with Crippen LogP contribution in [0.5, 0.6) is 0 Å². The molecule has 3 fully saturated rings. The summed E-state index contributed by atoms with van der Waals surface area (Å²) in [6, 6.07) is 7.67. The van der Waals surface area contributed by atoms with E-state index in [0.29, 0.717) is 63.9 Å². The number of hydrogen-bond donors (Lipinski definition) is 2. The van der Waals surface area contributed by atoms with Crippen molar-refractivity contribution in [2.45, 2.75) is 69.9 Å². The Morgan fingerprint density at radius 3 is 2.54 bits per heavy atom. The van der Waals surface area contributed by atoms with Gasteiger partial charge in [0.15, 0.2) is 0 Å². The van der Waals surface area contributed by atoms with Gasteiger partial charge in [-0.1, -0.05) is 38.1 Å². The van der Waals surface area contributed by atoms with Gasteiger partial charge in [-0.15, -0.1) is 0 Å². The van der Waals surface area contributed by atoms with E-state index < -0.39 is 24.0 Å². The summed E-state index contributed by atoms with van der Waals surface area (Å²) in [5, 5.41) is 9.30. The van der Waals surface area contributed by atoms with Crippen molar-refractivity contribution in [1.82, 2.24) is 15.3 Å². The number of piperidine rings is 2. The quantitative estimate of drug-likeness (QED) is 0.488. The van der Waals surface area contributed by atoms with E-state index in [4.69, 9.17) is 9.47 Å². The summed E-state index contributed by atoms with van der Waals surface area (Å²) in [4.78, 5) is 42.3. The fourth-order valence-electron chi connectivity index (χ4n) is 5.47. The minimum atomic E-state index is -0.994. The van der Waals surface area contributed by atoms with Gasteiger partial charge >= 0.3 is 6.09 Å². The van der Waals surface area contributed by atoms with Crippen molar-refractivity contribution in [3.8, 4) is 0 Å². The van der Waals surface area contributed by atoms with Crippen molar-refractivity contribution in [3.05, 3.63) is 35.4 Å². The Hall–Kier alpha value is -2.65. The monoisotopic (exact) mass is 487 g/mol. The molecule has 3 saturated heterocycles. The van der Waals surface area contributed by atoms with Gasteiger partial charge in [0.05, 0.1) is 19.1 Å². The first-order valence-electron chi connectivity index (χ1n) is 12.8. The molecule has 9 nitrogen and oxygen atoms in total. The number of ether oxygens (including phenoxy) is 2. The van der Waals surface area contributed by atoms with Crippen LogP contribution in [0.25, 0.3) is 0 Å². The molecule has 9 heteroatoms. The first-order valence-corrected chi connectivity index (χ1v) is 12.8. The smallest absolute Gasteiger partial charge is 0.410 e. The van der Waals surface area contributed by atoms with Gasteiger partial charge in [-0.3, -0.25) is 19.7 Å². The summed E-state index contributed by atoms with van der Waals surface area (Å²) in [6.07, 6.45) is 2.27. The van der Waals surface area contributed by atoms with E-state index in [0.717, 1.165) is 12.8 Å². The predicted molar refractivity (Wildman–Crippen MR) is 128 cm³/mol. The number of carbonyl (C=O) groups excluding carboxylic acids is 3. The van der Waals surface area contributed by atoms with E-state index in [9.17, 15) is 19.6 Å². The lowest BCUT2D eigenvalue weighted by Gasteiger charge is -2.42. The molecule has 0 aromatic heterocycles. The zero-order chi connectivity index (χ0) is 24.9. The Labute approximate surface area is 206 Å². The molecule has 0 saturated carbocycles. The van der Waals surface area contributed by atoms with Crippen LogP contribution in [0.3, 0.4) is 0 Å². The normalized spacial score (nSPS) is 25.5. The fraction of sp³-hybridized carbons (Fsp3) is 0.654. The molecule has 192 valence electrons. The van der Waals surface area contributed by atoms with E-state index in [1.807, 2.05) is 0 Å². The third-order valence-electron chi connectivity index (χ3n) is 7.58. The van der Waals surface area contributed by atoms with Crippen LogP contribution in [-0.4, -0.2) is 77.9 Å². The number of likely N-dealkylation sites (tertiary alicyclic amines) is 2. The molecule has 3 aliphatic heterocycles. The van der Waals surface area contributed by atoms with E-state index in [2.05, 4.69) is 38.1 Å². The first kappa shape index (κ1) is 25.4. The molecule has 0 radical (unpaired) electrons. The molecule has 0 unspecified atom stereocenters. The molecule has 0 bridgehead atoms. The average Bonchev–Trinajstić information content (AvgIpc) is 3.40. The third-order valence-corrected chi connectivity index (χ3v) is 7.58. The third kappa shape index (κ3) is 5.78. The molecule has 3 atom stereocenters. The molecule has 3 amide bonds. The van der Waals surface area contributed by atoms with Crippen molar-refractivity contribution in [2.75, 3.05) is 32.8 Å². The van der Waals surface area contributed by atoms with Gasteiger partial charge in [0.25, 0.3) is 0 Å². The minimum Gasteiger partial charge on any atom is -0.444 e. The molecular weight excluding hydrogens is 450 g/mol. The number of hydrogen-bond acceptors (Lipinski definition) is 6. The van der Waals surface area contributed by atoms with Gasteiger partial charge in [0.1, 0.15) is 12.1 Å². The zero-order valence-electron chi connectivity index (χ0n) is 20.7. The van der Waals surface area contributed by atoms with E-state index >= 15 is 0 Å². The molecule has 4 rings (SSSR count).